The SMILES string of the molecule is CN1CCC(c2ccc(C(=O)Nc3n[nH]c4ccc(OCc5cc(F)ccc5F)nc34)c(NC3CCOCC3)c2)CC1. The molecule has 2 aliphatic heterocycles. The summed E-state index contributed by atoms with van der Waals surface area (Å²) in [5.41, 5.74) is 3.60. The number of carbonyl (C=O) groups is 1. The molecule has 1 amide bonds. The van der Waals surface area contributed by atoms with E-state index in [9.17, 15) is 13.6 Å². The Labute approximate surface area is 242 Å². The Morgan fingerprint density at radius 2 is 1.88 bits per heavy atom. The maximum atomic E-state index is 14.0. The lowest BCUT2D eigenvalue weighted by atomic mass is 9.88. The fraction of sp³-hybridized carbons (Fsp3) is 0.387. The number of anilines is 2. The first-order chi connectivity index (χ1) is 20.4. The van der Waals surface area contributed by atoms with Gasteiger partial charge in [0.1, 0.15) is 23.8 Å². The number of hydrogen-bond donors (Lipinski definition) is 3. The van der Waals surface area contributed by atoms with Crippen LogP contribution in [0.2, 0.25) is 0 Å². The Bertz CT molecular complexity index is 1560. The molecule has 4 aromatic rings. The van der Waals surface area contributed by atoms with Crippen molar-refractivity contribution in [2.24, 2.45) is 0 Å². The number of pyridine rings is 1. The molecule has 2 saturated heterocycles. The van der Waals surface area contributed by atoms with Crippen LogP contribution in [0, 0.1) is 11.6 Å². The fourth-order valence-corrected chi connectivity index (χ4v) is 5.57. The first-order valence-corrected chi connectivity index (χ1v) is 14.3. The zero-order valence-corrected chi connectivity index (χ0v) is 23.5. The smallest absolute Gasteiger partial charge is 0.259 e. The van der Waals surface area contributed by atoms with Crippen LogP contribution in [0.25, 0.3) is 11.0 Å². The Balaban J connectivity index is 1.22. The van der Waals surface area contributed by atoms with Crippen LogP contribution in [0.1, 0.15) is 53.1 Å². The summed E-state index contributed by atoms with van der Waals surface area (Å²) in [6.07, 6.45) is 3.91. The molecular formula is C31H34F2N6O3. The van der Waals surface area contributed by atoms with Gasteiger partial charge in [-0.2, -0.15) is 5.10 Å². The van der Waals surface area contributed by atoms with Gasteiger partial charge in [-0.25, -0.2) is 13.8 Å². The highest BCUT2D eigenvalue weighted by Crippen LogP contribution is 2.32. The Morgan fingerprint density at radius 1 is 1.07 bits per heavy atom. The van der Waals surface area contributed by atoms with Crippen molar-refractivity contribution < 1.29 is 23.0 Å². The van der Waals surface area contributed by atoms with Gasteiger partial charge in [-0.05, 0) is 93.7 Å². The monoisotopic (exact) mass is 576 g/mol. The van der Waals surface area contributed by atoms with E-state index in [4.69, 9.17) is 9.47 Å². The Hall–Kier alpha value is -4.09. The number of rotatable bonds is 8. The summed E-state index contributed by atoms with van der Waals surface area (Å²) in [5.74, 6) is -0.555. The Kier molecular flexibility index (Phi) is 8.29. The third-order valence-corrected chi connectivity index (χ3v) is 8.06. The highest BCUT2D eigenvalue weighted by molar-refractivity contribution is 6.10. The lowest BCUT2D eigenvalue weighted by Gasteiger charge is -2.30. The van der Waals surface area contributed by atoms with E-state index in [-0.39, 0.29) is 35.8 Å². The van der Waals surface area contributed by atoms with Crippen LogP contribution in [-0.2, 0) is 11.3 Å². The summed E-state index contributed by atoms with van der Waals surface area (Å²) in [5, 5.41) is 13.6. The number of nitrogens with one attached hydrogen (secondary N) is 3. The molecule has 3 N–H and O–H groups in total. The molecule has 2 aromatic heterocycles. The number of likely N-dealkylation sites (tertiary alicyclic amines) is 1. The van der Waals surface area contributed by atoms with E-state index in [1.165, 1.54) is 5.56 Å². The van der Waals surface area contributed by atoms with Crippen molar-refractivity contribution in [3.63, 3.8) is 0 Å². The molecule has 220 valence electrons. The van der Waals surface area contributed by atoms with Gasteiger partial charge < -0.3 is 25.0 Å². The summed E-state index contributed by atoms with van der Waals surface area (Å²) >= 11 is 0. The lowest BCUT2D eigenvalue weighted by Crippen LogP contribution is -2.30. The Morgan fingerprint density at radius 3 is 2.69 bits per heavy atom. The van der Waals surface area contributed by atoms with Crippen molar-refractivity contribution in [2.45, 2.75) is 44.2 Å². The average molecular weight is 577 g/mol. The number of amides is 1. The number of halogens is 2. The van der Waals surface area contributed by atoms with Crippen LogP contribution in [-0.4, -0.2) is 65.4 Å². The van der Waals surface area contributed by atoms with Gasteiger partial charge in [-0.3, -0.25) is 9.89 Å². The summed E-state index contributed by atoms with van der Waals surface area (Å²) in [7, 11) is 2.15. The maximum Gasteiger partial charge on any atom is 0.259 e. The third kappa shape index (κ3) is 6.37. The zero-order chi connectivity index (χ0) is 29.1. The van der Waals surface area contributed by atoms with Crippen LogP contribution in [0.15, 0.2) is 48.5 Å². The molecule has 42 heavy (non-hydrogen) atoms. The lowest BCUT2D eigenvalue weighted by molar-refractivity contribution is 0.0904. The molecule has 0 atom stereocenters. The van der Waals surface area contributed by atoms with Gasteiger partial charge in [0.05, 0.1) is 11.1 Å². The average Bonchev–Trinajstić information content (AvgIpc) is 3.40. The number of aromatic nitrogens is 3. The largest absolute Gasteiger partial charge is 0.473 e. The van der Waals surface area contributed by atoms with Crippen LogP contribution < -0.4 is 15.4 Å². The molecule has 4 heterocycles. The molecule has 0 unspecified atom stereocenters. The normalized spacial score (nSPS) is 16.9. The zero-order valence-electron chi connectivity index (χ0n) is 23.5. The van der Waals surface area contributed by atoms with E-state index in [0.29, 0.717) is 35.7 Å². The maximum absolute atomic E-state index is 14.0. The molecule has 2 fully saturated rings. The van der Waals surface area contributed by atoms with Gasteiger partial charge >= 0.3 is 0 Å². The number of hydrogen-bond acceptors (Lipinski definition) is 7. The molecule has 11 heteroatoms. The van der Waals surface area contributed by atoms with E-state index in [2.05, 4.69) is 49.9 Å². The molecule has 0 bridgehead atoms. The van der Waals surface area contributed by atoms with E-state index >= 15 is 0 Å². The molecule has 2 aliphatic rings. The first kappa shape index (κ1) is 28.0. The third-order valence-electron chi connectivity index (χ3n) is 8.06. The minimum atomic E-state index is -0.569. The van der Waals surface area contributed by atoms with Crippen LogP contribution in [0.3, 0.4) is 0 Å². The number of H-pyrrole nitrogens is 1. The van der Waals surface area contributed by atoms with Crippen molar-refractivity contribution in [3.05, 3.63) is 76.9 Å². The van der Waals surface area contributed by atoms with Gasteiger partial charge in [0, 0.05) is 36.6 Å². The fourth-order valence-electron chi connectivity index (χ4n) is 5.57. The van der Waals surface area contributed by atoms with Crippen molar-refractivity contribution in [1.29, 1.82) is 0 Å². The molecule has 0 saturated carbocycles. The van der Waals surface area contributed by atoms with E-state index < -0.39 is 11.6 Å². The van der Waals surface area contributed by atoms with Gasteiger partial charge in [0.25, 0.3) is 5.91 Å². The number of benzene rings is 2. The van der Waals surface area contributed by atoms with Gasteiger partial charge in [-0.1, -0.05) is 6.07 Å². The van der Waals surface area contributed by atoms with Gasteiger partial charge in [0.2, 0.25) is 5.88 Å². The second-order valence-corrected chi connectivity index (χ2v) is 11.0. The summed E-state index contributed by atoms with van der Waals surface area (Å²) < 4.78 is 38.7. The predicted molar refractivity (Wildman–Crippen MR) is 156 cm³/mol. The summed E-state index contributed by atoms with van der Waals surface area (Å²) in [4.78, 5) is 20.5. The minimum absolute atomic E-state index is 0.0749. The highest BCUT2D eigenvalue weighted by atomic mass is 19.1. The van der Waals surface area contributed by atoms with Gasteiger partial charge in [-0.15, -0.1) is 0 Å². The topological polar surface area (TPSA) is 104 Å². The van der Waals surface area contributed by atoms with E-state index in [1.54, 1.807) is 12.1 Å². The first-order valence-electron chi connectivity index (χ1n) is 14.3. The predicted octanol–water partition coefficient (Wildman–Crippen LogP) is 5.47. The molecular weight excluding hydrogens is 542 g/mol. The summed E-state index contributed by atoms with van der Waals surface area (Å²) in [6.45, 7) is 3.28. The second kappa shape index (κ2) is 12.4. The molecule has 2 aromatic carbocycles. The molecule has 0 radical (unpaired) electrons. The standard InChI is InChI=1S/C31H34F2N6O3/c1-39-12-8-19(9-13-39)20-2-4-24(27(17-20)34-23-10-14-41-15-11-23)31(40)36-30-29-26(37-38-30)6-7-28(35-29)42-18-21-16-22(32)3-5-25(21)33/h2-7,16-17,19,23,34H,8-15,18H2,1H3,(H2,36,37,38,40). The highest BCUT2D eigenvalue weighted by Gasteiger charge is 2.23. The molecule has 9 nitrogen and oxygen atoms in total. The summed E-state index contributed by atoms with van der Waals surface area (Å²) in [6, 6.07) is 12.8. The van der Waals surface area contributed by atoms with E-state index in [0.717, 1.165) is 62.7 Å². The van der Waals surface area contributed by atoms with Crippen LogP contribution in [0.4, 0.5) is 20.3 Å². The van der Waals surface area contributed by atoms with Crippen molar-refractivity contribution >= 4 is 28.4 Å². The minimum Gasteiger partial charge on any atom is -0.473 e. The second-order valence-electron chi connectivity index (χ2n) is 11.0. The number of piperidine rings is 1. The van der Waals surface area contributed by atoms with Crippen LogP contribution in [0.5, 0.6) is 5.88 Å². The van der Waals surface area contributed by atoms with Crippen molar-refractivity contribution in [2.75, 3.05) is 44.0 Å². The van der Waals surface area contributed by atoms with Gasteiger partial charge in [0.15, 0.2) is 5.82 Å². The quantitative estimate of drug-likeness (QED) is 0.256. The number of carbonyl (C=O) groups excluding carboxylic acids is 1. The van der Waals surface area contributed by atoms with Crippen LogP contribution >= 0.6 is 0 Å². The van der Waals surface area contributed by atoms with Crippen molar-refractivity contribution in [1.82, 2.24) is 20.1 Å². The van der Waals surface area contributed by atoms with E-state index in [1.807, 2.05) is 6.07 Å². The number of fused-ring (bicyclic) bond motifs is 1. The van der Waals surface area contributed by atoms with Crippen molar-refractivity contribution in [3.8, 4) is 5.88 Å². The number of aromatic amines is 1. The molecule has 0 spiro atoms. The molecule has 0 aliphatic carbocycles. The number of nitrogens with zero attached hydrogens (tertiary/aromatic N) is 3. The molecule has 6 rings (SSSR count). The number of ether oxygens (including phenoxy) is 2.